The van der Waals surface area contributed by atoms with E-state index in [1.165, 1.54) is 0 Å². The van der Waals surface area contributed by atoms with Crippen LogP contribution in [0.15, 0.2) is 24.3 Å². The third kappa shape index (κ3) is 4.02. The van der Waals surface area contributed by atoms with Crippen LogP contribution in [0, 0.1) is 0 Å². The number of rotatable bonds is 6. The molecule has 0 spiro atoms. The summed E-state index contributed by atoms with van der Waals surface area (Å²) in [5.41, 5.74) is 1.88. The van der Waals surface area contributed by atoms with Crippen molar-refractivity contribution >= 4 is 28.9 Å². The average Bonchev–Trinajstić information content (AvgIpc) is 3.30. The van der Waals surface area contributed by atoms with Crippen LogP contribution in [0.3, 0.4) is 0 Å². The number of carbonyl (C=O) groups excluding carboxylic acids is 3. The lowest BCUT2D eigenvalue weighted by Gasteiger charge is -2.33. The summed E-state index contributed by atoms with van der Waals surface area (Å²) < 4.78 is 1.99. The maximum Gasteiger partial charge on any atom is 0.322 e. The van der Waals surface area contributed by atoms with Crippen LogP contribution in [0.4, 0.5) is 4.79 Å². The molecular weight excluding hydrogens is 384 g/mol. The van der Waals surface area contributed by atoms with Gasteiger partial charge < -0.3 is 14.8 Å². The molecule has 0 aliphatic carbocycles. The standard InChI is InChI=1S/C21H28N6O3/c1-3-26-10-6-7-14(26)12-27(20(29)16-11-19(28)24-21(30)23-16)13-18-22-15-8-4-5-9-17(15)25(18)2/h4-5,8-9,14,16H,3,6-7,10-13H2,1-2H3,(H2,23,24,28,30). The summed E-state index contributed by atoms with van der Waals surface area (Å²) in [6.07, 6.45) is 2.08. The van der Waals surface area contributed by atoms with E-state index < -0.39 is 18.0 Å². The largest absolute Gasteiger partial charge is 0.332 e. The van der Waals surface area contributed by atoms with Crippen molar-refractivity contribution in [3.63, 3.8) is 0 Å². The number of likely N-dealkylation sites (tertiary alicyclic amines) is 1. The Morgan fingerprint density at radius 2 is 2.10 bits per heavy atom. The van der Waals surface area contributed by atoms with Gasteiger partial charge in [0, 0.05) is 19.6 Å². The van der Waals surface area contributed by atoms with Gasteiger partial charge in [-0.1, -0.05) is 19.1 Å². The number of urea groups is 1. The molecule has 3 heterocycles. The Labute approximate surface area is 175 Å². The summed E-state index contributed by atoms with van der Waals surface area (Å²) in [5.74, 6) is 0.0984. The lowest BCUT2D eigenvalue weighted by atomic mass is 10.1. The molecule has 2 aliphatic rings. The molecule has 9 heteroatoms. The summed E-state index contributed by atoms with van der Waals surface area (Å²) in [4.78, 5) is 45.8. The molecule has 9 nitrogen and oxygen atoms in total. The Bertz CT molecular complexity index is 955. The summed E-state index contributed by atoms with van der Waals surface area (Å²) in [6.45, 7) is 4.96. The maximum atomic E-state index is 13.4. The number of imidazole rings is 1. The monoisotopic (exact) mass is 412 g/mol. The van der Waals surface area contributed by atoms with Gasteiger partial charge in [-0.3, -0.25) is 19.8 Å². The van der Waals surface area contributed by atoms with E-state index in [1.54, 1.807) is 4.90 Å². The fraction of sp³-hybridized carbons (Fsp3) is 0.524. The molecule has 2 saturated heterocycles. The number of likely N-dealkylation sites (N-methyl/N-ethyl adjacent to an activating group) is 1. The van der Waals surface area contributed by atoms with Gasteiger partial charge in [0.2, 0.25) is 11.8 Å². The van der Waals surface area contributed by atoms with Crippen molar-refractivity contribution < 1.29 is 14.4 Å². The third-order valence-corrected chi connectivity index (χ3v) is 6.11. The Morgan fingerprint density at radius 3 is 2.83 bits per heavy atom. The first-order chi connectivity index (χ1) is 14.5. The van der Waals surface area contributed by atoms with Gasteiger partial charge in [0.1, 0.15) is 11.9 Å². The van der Waals surface area contributed by atoms with E-state index >= 15 is 0 Å². The van der Waals surface area contributed by atoms with E-state index in [-0.39, 0.29) is 18.4 Å². The number of fused-ring (bicyclic) bond motifs is 1. The molecule has 2 fully saturated rings. The second-order valence-electron chi connectivity index (χ2n) is 8.00. The molecule has 4 amide bonds. The highest BCUT2D eigenvalue weighted by atomic mass is 16.2. The quantitative estimate of drug-likeness (QED) is 0.737. The van der Waals surface area contributed by atoms with Crippen LogP contribution >= 0.6 is 0 Å². The molecular formula is C21H28N6O3. The van der Waals surface area contributed by atoms with Crippen molar-refractivity contribution in [2.45, 2.75) is 44.8 Å². The van der Waals surface area contributed by atoms with E-state index in [4.69, 9.17) is 4.98 Å². The zero-order chi connectivity index (χ0) is 21.3. The minimum Gasteiger partial charge on any atom is -0.332 e. The molecule has 0 radical (unpaired) electrons. The first-order valence-electron chi connectivity index (χ1n) is 10.5. The molecule has 0 bridgehead atoms. The van der Waals surface area contributed by atoms with Gasteiger partial charge in [0.15, 0.2) is 0 Å². The number of aromatic nitrogens is 2. The van der Waals surface area contributed by atoms with Gasteiger partial charge in [-0.2, -0.15) is 0 Å². The molecule has 2 atom stereocenters. The molecule has 2 unspecified atom stereocenters. The zero-order valence-corrected chi connectivity index (χ0v) is 17.4. The lowest BCUT2D eigenvalue weighted by Crippen LogP contribution is -2.59. The second kappa shape index (κ2) is 8.43. The molecule has 4 rings (SSSR count). The molecule has 1 aromatic heterocycles. The zero-order valence-electron chi connectivity index (χ0n) is 17.4. The van der Waals surface area contributed by atoms with Gasteiger partial charge >= 0.3 is 6.03 Å². The van der Waals surface area contributed by atoms with Gasteiger partial charge in [0.25, 0.3) is 0 Å². The summed E-state index contributed by atoms with van der Waals surface area (Å²) in [6, 6.07) is 6.65. The molecule has 2 aliphatic heterocycles. The Kier molecular flexibility index (Phi) is 5.72. The van der Waals surface area contributed by atoms with Gasteiger partial charge in [0.05, 0.1) is 24.0 Å². The van der Waals surface area contributed by atoms with Crippen LogP contribution in [-0.4, -0.2) is 68.9 Å². The molecule has 1 aromatic carbocycles. The van der Waals surface area contributed by atoms with Gasteiger partial charge in [-0.05, 0) is 38.1 Å². The number of imide groups is 1. The van der Waals surface area contributed by atoms with Crippen molar-refractivity contribution in [3.05, 3.63) is 30.1 Å². The number of nitrogens with zero attached hydrogens (tertiary/aromatic N) is 4. The fourth-order valence-electron chi connectivity index (χ4n) is 4.49. The van der Waals surface area contributed by atoms with Crippen LogP contribution in [0.5, 0.6) is 0 Å². The normalized spacial score (nSPS) is 22.2. The molecule has 160 valence electrons. The highest BCUT2D eigenvalue weighted by Gasteiger charge is 2.35. The topological polar surface area (TPSA) is 99.6 Å². The number of carbonyl (C=O) groups is 3. The molecule has 0 saturated carbocycles. The Balaban J connectivity index is 1.60. The summed E-state index contributed by atoms with van der Waals surface area (Å²) >= 11 is 0. The Morgan fingerprint density at radius 1 is 1.30 bits per heavy atom. The highest BCUT2D eigenvalue weighted by molar-refractivity contribution is 6.02. The SMILES string of the molecule is CCN1CCCC1CN(Cc1nc2ccccc2n1C)C(=O)C1CC(=O)NC(=O)N1. The number of hydrogen-bond donors (Lipinski definition) is 2. The number of nitrogens with one attached hydrogen (secondary N) is 2. The number of amides is 4. The van der Waals surface area contributed by atoms with E-state index in [0.29, 0.717) is 13.1 Å². The van der Waals surface area contributed by atoms with E-state index in [2.05, 4.69) is 22.5 Å². The lowest BCUT2D eigenvalue weighted by molar-refractivity contribution is -0.137. The van der Waals surface area contributed by atoms with Crippen LogP contribution in [0.2, 0.25) is 0 Å². The fourth-order valence-corrected chi connectivity index (χ4v) is 4.49. The number of aryl methyl sites for hydroxylation is 1. The van der Waals surface area contributed by atoms with Crippen LogP contribution in [0.25, 0.3) is 11.0 Å². The smallest absolute Gasteiger partial charge is 0.322 e. The molecule has 2 aromatic rings. The van der Waals surface area contributed by atoms with Crippen LogP contribution in [0.1, 0.15) is 32.0 Å². The van der Waals surface area contributed by atoms with Crippen LogP contribution < -0.4 is 10.6 Å². The van der Waals surface area contributed by atoms with Crippen LogP contribution in [-0.2, 0) is 23.2 Å². The van der Waals surface area contributed by atoms with Crippen molar-refractivity contribution in [1.82, 2.24) is 30.0 Å². The Hall–Kier alpha value is -2.94. The van der Waals surface area contributed by atoms with Crippen molar-refractivity contribution in [1.29, 1.82) is 0 Å². The third-order valence-electron chi connectivity index (χ3n) is 6.11. The molecule has 30 heavy (non-hydrogen) atoms. The van der Waals surface area contributed by atoms with E-state index in [9.17, 15) is 14.4 Å². The van der Waals surface area contributed by atoms with Crippen molar-refractivity contribution in [2.24, 2.45) is 7.05 Å². The first kappa shape index (κ1) is 20.3. The first-order valence-corrected chi connectivity index (χ1v) is 10.5. The van der Waals surface area contributed by atoms with Gasteiger partial charge in [-0.25, -0.2) is 9.78 Å². The van der Waals surface area contributed by atoms with Crippen molar-refractivity contribution in [2.75, 3.05) is 19.6 Å². The number of hydrogen-bond acceptors (Lipinski definition) is 5. The predicted octanol–water partition coefficient (Wildman–Crippen LogP) is 0.984. The summed E-state index contributed by atoms with van der Waals surface area (Å²) in [5, 5.41) is 4.79. The second-order valence-corrected chi connectivity index (χ2v) is 8.00. The highest BCUT2D eigenvalue weighted by Crippen LogP contribution is 2.21. The maximum absolute atomic E-state index is 13.4. The van der Waals surface area contributed by atoms with E-state index in [0.717, 1.165) is 42.8 Å². The molecule has 2 N–H and O–H groups in total. The number of para-hydroxylation sites is 2. The minimum absolute atomic E-state index is 0.0498. The van der Waals surface area contributed by atoms with E-state index in [1.807, 2.05) is 35.9 Å². The minimum atomic E-state index is -0.850. The van der Waals surface area contributed by atoms with Crippen molar-refractivity contribution in [3.8, 4) is 0 Å². The number of benzene rings is 1. The van der Waals surface area contributed by atoms with Gasteiger partial charge in [-0.15, -0.1) is 0 Å². The average molecular weight is 412 g/mol. The summed E-state index contributed by atoms with van der Waals surface area (Å²) in [7, 11) is 1.94. The predicted molar refractivity (Wildman–Crippen MR) is 111 cm³/mol.